The molecule has 0 bridgehead atoms. The van der Waals surface area contributed by atoms with Crippen molar-refractivity contribution in [2.75, 3.05) is 6.54 Å². The third-order valence-electron chi connectivity index (χ3n) is 2.58. The molecular weight excluding hydrogens is 235 g/mol. The van der Waals surface area contributed by atoms with Crippen molar-refractivity contribution < 1.29 is 13.2 Å². The Bertz CT molecular complexity index is 341. The van der Waals surface area contributed by atoms with Crippen LogP contribution in [0.5, 0.6) is 0 Å². The lowest BCUT2D eigenvalue weighted by atomic mass is 10.1. The SMILES string of the molecule is FC(F)(F)Sc1ccc([C@H]2CCCN2)cc1. The molecule has 5 heteroatoms. The number of nitrogens with one attached hydrogen (secondary N) is 1. The van der Waals surface area contributed by atoms with E-state index in [1.165, 1.54) is 12.1 Å². The van der Waals surface area contributed by atoms with Gasteiger partial charge in [0.05, 0.1) is 0 Å². The first-order valence-electron chi connectivity index (χ1n) is 5.14. The fourth-order valence-corrected chi connectivity index (χ4v) is 2.41. The number of alkyl halides is 3. The lowest BCUT2D eigenvalue weighted by Gasteiger charge is -2.11. The number of hydrogen-bond acceptors (Lipinski definition) is 2. The Morgan fingerprint density at radius 1 is 1.19 bits per heavy atom. The third kappa shape index (κ3) is 3.15. The van der Waals surface area contributed by atoms with Crippen molar-refractivity contribution in [1.29, 1.82) is 0 Å². The summed E-state index contributed by atoms with van der Waals surface area (Å²) in [4.78, 5) is 0.245. The highest BCUT2D eigenvalue weighted by molar-refractivity contribution is 8.00. The van der Waals surface area contributed by atoms with Gasteiger partial charge >= 0.3 is 5.51 Å². The summed E-state index contributed by atoms with van der Waals surface area (Å²) < 4.78 is 36.3. The van der Waals surface area contributed by atoms with E-state index >= 15 is 0 Å². The molecule has 0 aliphatic carbocycles. The Labute approximate surface area is 96.4 Å². The Kier molecular flexibility index (Phi) is 3.44. The average Bonchev–Trinajstić information content (AvgIpc) is 2.69. The van der Waals surface area contributed by atoms with Gasteiger partial charge in [0, 0.05) is 10.9 Å². The van der Waals surface area contributed by atoms with Crippen LogP contribution in [0.1, 0.15) is 24.4 Å². The molecule has 0 spiro atoms. The first-order chi connectivity index (χ1) is 7.54. The number of rotatable bonds is 2. The highest BCUT2D eigenvalue weighted by Crippen LogP contribution is 2.37. The summed E-state index contributed by atoms with van der Waals surface area (Å²) in [7, 11) is 0. The van der Waals surface area contributed by atoms with E-state index in [1.54, 1.807) is 12.1 Å². The molecule has 0 amide bonds. The molecular formula is C11H12F3NS. The maximum absolute atomic E-state index is 12.1. The molecule has 1 saturated heterocycles. The normalized spacial score (nSPS) is 21.3. The van der Waals surface area contributed by atoms with Crippen LogP contribution in [-0.2, 0) is 0 Å². The topological polar surface area (TPSA) is 12.0 Å². The minimum atomic E-state index is -4.20. The zero-order chi connectivity index (χ0) is 11.6. The molecule has 2 rings (SSSR count). The lowest BCUT2D eigenvalue weighted by molar-refractivity contribution is -0.0328. The minimum absolute atomic E-state index is 0.0684. The van der Waals surface area contributed by atoms with Crippen LogP contribution < -0.4 is 5.32 Å². The molecule has 1 aromatic carbocycles. The van der Waals surface area contributed by atoms with E-state index < -0.39 is 5.51 Å². The fourth-order valence-electron chi connectivity index (χ4n) is 1.87. The monoisotopic (exact) mass is 247 g/mol. The molecule has 1 aromatic rings. The maximum atomic E-state index is 12.1. The van der Waals surface area contributed by atoms with Gasteiger partial charge in [-0.05, 0) is 48.8 Å². The lowest BCUT2D eigenvalue weighted by Crippen LogP contribution is -2.12. The molecule has 1 fully saturated rings. The van der Waals surface area contributed by atoms with Gasteiger partial charge in [-0.2, -0.15) is 13.2 Å². The highest BCUT2D eigenvalue weighted by atomic mass is 32.2. The summed E-state index contributed by atoms with van der Waals surface area (Å²) in [6.07, 6.45) is 2.19. The summed E-state index contributed by atoms with van der Waals surface area (Å²) in [5.74, 6) is 0. The summed E-state index contributed by atoms with van der Waals surface area (Å²) in [5, 5.41) is 3.31. The van der Waals surface area contributed by atoms with Crippen molar-refractivity contribution in [2.24, 2.45) is 0 Å². The van der Waals surface area contributed by atoms with Gasteiger partial charge < -0.3 is 5.32 Å². The number of halogens is 3. The molecule has 1 nitrogen and oxygen atoms in total. The smallest absolute Gasteiger partial charge is 0.310 e. The van der Waals surface area contributed by atoms with Crippen molar-refractivity contribution in [3.8, 4) is 0 Å². The number of hydrogen-bond donors (Lipinski definition) is 1. The van der Waals surface area contributed by atoms with Crippen molar-refractivity contribution in [1.82, 2.24) is 5.32 Å². The summed E-state index contributed by atoms with van der Waals surface area (Å²) in [5.41, 5.74) is -3.13. The number of thioether (sulfide) groups is 1. The first-order valence-corrected chi connectivity index (χ1v) is 5.95. The second-order valence-corrected chi connectivity index (χ2v) is 4.90. The van der Waals surface area contributed by atoms with Gasteiger partial charge in [-0.3, -0.25) is 0 Å². The molecule has 1 heterocycles. The summed E-state index contributed by atoms with van der Waals surface area (Å²) in [6, 6.07) is 6.93. The van der Waals surface area contributed by atoms with Gasteiger partial charge in [0.2, 0.25) is 0 Å². The van der Waals surface area contributed by atoms with Crippen LogP contribution in [0, 0.1) is 0 Å². The van der Waals surface area contributed by atoms with Crippen molar-refractivity contribution in [3.05, 3.63) is 29.8 Å². The molecule has 0 aromatic heterocycles. The molecule has 0 unspecified atom stereocenters. The zero-order valence-electron chi connectivity index (χ0n) is 8.55. The van der Waals surface area contributed by atoms with Crippen molar-refractivity contribution in [2.45, 2.75) is 29.3 Å². The van der Waals surface area contributed by atoms with Crippen LogP contribution in [0.2, 0.25) is 0 Å². The zero-order valence-corrected chi connectivity index (χ0v) is 9.37. The predicted octanol–water partition coefficient (Wildman–Crippen LogP) is 3.72. The van der Waals surface area contributed by atoms with E-state index in [0.717, 1.165) is 24.9 Å². The van der Waals surface area contributed by atoms with Crippen LogP contribution in [0.15, 0.2) is 29.2 Å². The van der Waals surface area contributed by atoms with Crippen molar-refractivity contribution >= 4 is 11.8 Å². The quantitative estimate of drug-likeness (QED) is 0.799. The van der Waals surface area contributed by atoms with E-state index in [4.69, 9.17) is 0 Å². The largest absolute Gasteiger partial charge is 0.446 e. The Morgan fingerprint density at radius 2 is 1.88 bits per heavy atom. The van der Waals surface area contributed by atoms with Gasteiger partial charge in [-0.1, -0.05) is 12.1 Å². The van der Waals surface area contributed by atoms with E-state index in [-0.39, 0.29) is 16.7 Å². The van der Waals surface area contributed by atoms with E-state index in [2.05, 4.69) is 5.32 Å². The molecule has 0 radical (unpaired) electrons. The van der Waals surface area contributed by atoms with Crippen molar-refractivity contribution in [3.63, 3.8) is 0 Å². The Morgan fingerprint density at radius 3 is 2.38 bits per heavy atom. The first kappa shape index (κ1) is 11.8. The minimum Gasteiger partial charge on any atom is -0.310 e. The van der Waals surface area contributed by atoms with Gasteiger partial charge in [-0.25, -0.2) is 0 Å². The summed E-state index contributed by atoms with van der Waals surface area (Å²) in [6.45, 7) is 0.990. The molecule has 1 aliphatic heterocycles. The predicted molar refractivity (Wildman–Crippen MR) is 58.3 cm³/mol. The molecule has 1 N–H and O–H groups in total. The van der Waals surface area contributed by atoms with Gasteiger partial charge in [0.25, 0.3) is 0 Å². The molecule has 1 atom stereocenters. The standard InChI is InChI=1S/C11H12F3NS/c12-11(13,14)16-9-5-3-8(4-6-9)10-2-1-7-15-10/h3-6,10,15H,1-2,7H2/t10-/m1/s1. The van der Waals surface area contributed by atoms with Crippen LogP contribution in [0.4, 0.5) is 13.2 Å². The Hall–Kier alpha value is -0.680. The number of benzene rings is 1. The Balaban J connectivity index is 2.04. The maximum Gasteiger partial charge on any atom is 0.446 e. The highest BCUT2D eigenvalue weighted by Gasteiger charge is 2.29. The van der Waals surface area contributed by atoms with E-state index in [0.29, 0.717) is 6.04 Å². The van der Waals surface area contributed by atoms with Crippen LogP contribution >= 0.6 is 11.8 Å². The third-order valence-corrected chi connectivity index (χ3v) is 3.32. The molecule has 0 saturated carbocycles. The second kappa shape index (κ2) is 4.67. The van der Waals surface area contributed by atoms with E-state index in [9.17, 15) is 13.2 Å². The van der Waals surface area contributed by atoms with Gasteiger partial charge in [0.1, 0.15) is 0 Å². The van der Waals surface area contributed by atoms with Gasteiger partial charge in [-0.15, -0.1) is 0 Å². The molecule has 16 heavy (non-hydrogen) atoms. The molecule has 1 aliphatic rings. The fraction of sp³-hybridized carbons (Fsp3) is 0.455. The van der Waals surface area contributed by atoms with E-state index in [1.807, 2.05) is 0 Å². The average molecular weight is 247 g/mol. The van der Waals surface area contributed by atoms with Crippen LogP contribution in [0.3, 0.4) is 0 Å². The summed E-state index contributed by atoms with van der Waals surface area (Å²) >= 11 is -0.0684. The van der Waals surface area contributed by atoms with Crippen LogP contribution in [0.25, 0.3) is 0 Å². The molecule has 88 valence electrons. The van der Waals surface area contributed by atoms with Gasteiger partial charge in [0.15, 0.2) is 0 Å². The second-order valence-electron chi connectivity index (χ2n) is 3.77. The van der Waals surface area contributed by atoms with Crippen LogP contribution in [-0.4, -0.2) is 12.1 Å².